The number of fused-ring (bicyclic) bond motifs is 1. The Labute approximate surface area is 85.3 Å². The van der Waals surface area contributed by atoms with Crippen LogP contribution >= 0.6 is 0 Å². The molecular formula is C10H10F2N2O. The van der Waals surface area contributed by atoms with Crippen LogP contribution in [0.4, 0.5) is 8.78 Å². The molecule has 1 aromatic heterocycles. The molecule has 0 aliphatic rings. The van der Waals surface area contributed by atoms with Crippen molar-refractivity contribution in [2.45, 2.75) is 6.43 Å². The molecule has 0 aliphatic heterocycles. The number of aryl methyl sites for hydroxylation is 1. The second-order valence-corrected chi connectivity index (χ2v) is 3.14. The van der Waals surface area contributed by atoms with Gasteiger partial charge in [0.15, 0.2) is 6.61 Å². The molecule has 1 heterocycles. The quantitative estimate of drug-likeness (QED) is 0.780. The van der Waals surface area contributed by atoms with E-state index in [2.05, 4.69) is 4.98 Å². The highest BCUT2D eigenvalue weighted by molar-refractivity contribution is 5.76. The molecule has 2 aromatic rings. The highest BCUT2D eigenvalue weighted by atomic mass is 19.3. The Balaban J connectivity index is 2.32. The van der Waals surface area contributed by atoms with E-state index in [9.17, 15) is 8.78 Å². The Morgan fingerprint density at radius 1 is 1.40 bits per heavy atom. The van der Waals surface area contributed by atoms with Gasteiger partial charge in [0, 0.05) is 7.05 Å². The molecule has 0 saturated heterocycles. The van der Waals surface area contributed by atoms with Crippen LogP contribution in [0.2, 0.25) is 0 Å². The number of nitrogens with zero attached hydrogens (tertiary/aromatic N) is 2. The van der Waals surface area contributed by atoms with Gasteiger partial charge in [0.1, 0.15) is 0 Å². The van der Waals surface area contributed by atoms with Crippen molar-refractivity contribution in [1.82, 2.24) is 9.55 Å². The number of ether oxygens (including phenoxy) is 1. The van der Waals surface area contributed by atoms with E-state index in [1.807, 2.05) is 24.3 Å². The van der Waals surface area contributed by atoms with Gasteiger partial charge >= 0.3 is 0 Å². The van der Waals surface area contributed by atoms with Crippen LogP contribution in [0.25, 0.3) is 11.0 Å². The van der Waals surface area contributed by atoms with Crippen molar-refractivity contribution in [3.05, 3.63) is 24.3 Å². The van der Waals surface area contributed by atoms with Crippen LogP contribution in [0.5, 0.6) is 6.01 Å². The summed E-state index contributed by atoms with van der Waals surface area (Å²) in [6, 6.07) is 7.59. The van der Waals surface area contributed by atoms with Crippen LogP contribution < -0.4 is 4.74 Å². The van der Waals surface area contributed by atoms with E-state index in [-0.39, 0.29) is 6.01 Å². The Bertz CT molecular complexity index is 467. The fourth-order valence-electron chi connectivity index (χ4n) is 1.39. The number of hydrogen-bond donors (Lipinski definition) is 0. The molecular weight excluding hydrogens is 202 g/mol. The lowest BCUT2D eigenvalue weighted by Gasteiger charge is -2.03. The van der Waals surface area contributed by atoms with Gasteiger partial charge in [0.2, 0.25) is 0 Å². The van der Waals surface area contributed by atoms with Crippen molar-refractivity contribution in [2.24, 2.45) is 7.05 Å². The highest BCUT2D eigenvalue weighted by Gasteiger charge is 2.10. The molecule has 0 fully saturated rings. The first-order chi connectivity index (χ1) is 7.18. The molecule has 1 aromatic carbocycles. The lowest BCUT2D eigenvalue weighted by molar-refractivity contribution is 0.0758. The van der Waals surface area contributed by atoms with E-state index in [1.54, 1.807) is 11.6 Å². The van der Waals surface area contributed by atoms with Gasteiger partial charge < -0.3 is 4.74 Å². The van der Waals surface area contributed by atoms with Crippen molar-refractivity contribution >= 4 is 11.0 Å². The molecule has 0 spiro atoms. The summed E-state index contributed by atoms with van der Waals surface area (Å²) in [4.78, 5) is 4.09. The first-order valence-electron chi connectivity index (χ1n) is 4.51. The maximum atomic E-state index is 11.9. The number of imidazole rings is 1. The zero-order valence-corrected chi connectivity index (χ0v) is 8.15. The minimum absolute atomic E-state index is 0.219. The Morgan fingerprint density at radius 2 is 2.13 bits per heavy atom. The topological polar surface area (TPSA) is 27.1 Å². The lowest BCUT2D eigenvalue weighted by Crippen LogP contribution is -2.09. The van der Waals surface area contributed by atoms with Crippen LogP contribution in [0.15, 0.2) is 24.3 Å². The maximum Gasteiger partial charge on any atom is 0.297 e. The molecule has 0 N–H and O–H groups in total. The minimum Gasteiger partial charge on any atom is -0.459 e. The zero-order valence-electron chi connectivity index (χ0n) is 8.15. The van der Waals surface area contributed by atoms with Gasteiger partial charge in [-0.2, -0.15) is 4.98 Å². The van der Waals surface area contributed by atoms with Crippen LogP contribution in [0.1, 0.15) is 0 Å². The summed E-state index contributed by atoms with van der Waals surface area (Å²) in [6.07, 6.45) is -2.48. The number of halogens is 2. The van der Waals surface area contributed by atoms with E-state index in [0.29, 0.717) is 0 Å². The van der Waals surface area contributed by atoms with Gasteiger partial charge in [0.05, 0.1) is 11.0 Å². The second-order valence-electron chi connectivity index (χ2n) is 3.14. The highest BCUT2D eigenvalue weighted by Crippen LogP contribution is 2.19. The normalized spacial score (nSPS) is 11.2. The van der Waals surface area contributed by atoms with Crippen molar-refractivity contribution in [2.75, 3.05) is 6.61 Å². The number of aromatic nitrogens is 2. The summed E-state index contributed by atoms with van der Waals surface area (Å²) in [5.74, 6) is 0. The van der Waals surface area contributed by atoms with Crippen molar-refractivity contribution in [3.8, 4) is 6.01 Å². The van der Waals surface area contributed by atoms with Gasteiger partial charge in [-0.25, -0.2) is 8.78 Å². The lowest BCUT2D eigenvalue weighted by atomic mass is 10.3. The number of para-hydroxylation sites is 2. The number of benzene rings is 1. The average Bonchev–Trinajstić information content (AvgIpc) is 2.54. The number of alkyl halides is 2. The number of hydrogen-bond acceptors (Lipinski definition) is 2. The molecule has 0 atom stereocenters. The van der Waals surface area contributed by atoms with E-state index in [0.717, 1.165) is 11.0 Å². The molecule has 0 saturated carbocycles. The van der Waals surface area contributed by atoms with E-state index in [1.165, 1.54) is 0 Å². The molecule has 5 heteroatoms. The smallest absolute Gasteiger partial charge is 0.297 e. The van der Waals surface area contributed by atoms with Gasteiger partial charge in [-0.15, -0.1) is 0 Å². The molecule has 0 radical (unpaired) electrons. The van der Waals surface area contributed by atoms with Crippen molar-refractivity contribution < 1.29 is 13.5 Å². The fourth-order valence-corrected chi connectivity index (χ4v) is 1.39. The van der Waals surface area contributed by atoms with Crippen LogP contribution in [-0.4, -0.2) is 22.6 Å². The standard InChI is InChI=1S/C10H10F2N2O/c1-14-8-5-3-2-4-7(8)13-10(14)15-6-9(11)12/h2-5,9H,6H2,1H3. The van der Waals surface area contributed by atoms with Crippen molar-refractivity contribution in [1.29, 1.82) is 0 Å². The summed E-state index contributed by atoms with van der Waals surface area (Å²) in [5.41, 5.74) is 1.60. The Morgan fingerprint density at radius 3 is 2.80 bits per heavy atom. The molecule has 15 heavy (non-hydrogen) atoms. The van der Waals surface area contributed by atoms with Crippen LogP contribution in [0, 0.1) is 0 Å². The summed E-state index contributed by atoms with van der Waals surface area (Å²) in [7, 11) is 1.73. The maximum absolute atomic E-state index is 11.9. The van der Waals surface area contributed by atoms with Crippen LogP contribution in [0.3, 0.4) is 0 Å². The second kappa shape index (κ2) is 3.84. The molecule has 0 aliphatic carbocycles. The molecule has 3 nitrogen and oxygen atoms in total. The summed E-state index contributed by atoms with van der Waals surface area (Å²) in [6.45, 7) is -0.628. The third kappa shape index (κ3) is 1.91. The molecule has 0 amide bonds. The van der Waals surface area contributed by atoms with Gasteiger partial charge in [-0.3, -0.25) is 4.57 Å². The van der Waals surface area contributed by atoms with E-state index < -0.39 is 13.0 Å². The molecule has 80 valence electrons. The van der Waals surface area contributed by atoms with Crippen LogP contribution in [-0.2, 0) is 7.05 Å². The largest absolute Gasteiger partial charge is 0.459 e. The predicted molar refractivity (Wildman–Crippen MR) is 52.2 cm³/mol. The number of rotatable bonds is 3. The monoisotopic (exact) mass is 212 g/mol. The SMILES string of the molecule is Cn1c(OCC(F)F)nc2ccccc21. The van der Waals surface area contributed by atoms with Gasteiger partial charge in [0.25, 0.3) is 12.4 Å². The third-order valence-electron chi connectivity index (χ3n) is 2.08. The molecule has 0 unspecified atom stereocenters. The van der Waals surface area contributed by atoms with Gasteiger partial charge in [-0.1, -0.05) is 12.1 Å². The first kappa shape index (κ1) is 9.89. The third-order valence-corrected chi connectivity index (χ3v) is 2.08. The molecule has 0 bridgehead atoms. The van der Waals surface area contributed by atoms with Crippen molar-refractivity contribution in [3.63, 3.8) is 0 Å². The van der Waals surface area contributed by atoms with Gasteiger partial charge in [-0.05, 0) is 12.1 Å². The fraction of sp³-hybridized carbons (Fsp3) is 0.300. The summed E-state index contributed by atoms with van der Waals surface area (Å²) in [5, 5.41) is 0. The van der Waals surface area contributed by atoms with E-state index >= 15 is 0 Å². The Kier molecular flexibility index (Phi) is 2.53. The van der Waals surface area contributed by atoms with E-state index in [4.69, 9.17) is 4.74 Å². The first-order valence-corrected chi connectivity index (χ1v) is 4.51. The Hall–Kier alpha value is -1.65. The summed E-state index contributed by atoms with van der Waals surface area (Å²) < 4.78 is 30.4. The predicted octanol–water partition coefficient (Wildman–Crippen LogP) is 2.22. The average molecular weight is 212 g/mol. The zero-order chi connectivity index (χ0) is 10.8. The summed E-state index contributed by atoms with van der Waals surface area (Å²) >= 11 is 0. The minimum atomic E-state index is -2.48. The molecule has 2 rings (SSSR count).